The monoisotopic (exact) mass is 208 g/mol. The van der Waals surface area contributed by atoms with Gasteiger partial charge >= 0.3 is 0 Å². The summed E-state index contributed by atoms with van der Waals surface area (Å²) in [5, 5.41) is 22.2. The molecule has 2 rings (SSSR count). The summed E-state index contributed by atoms with van der Waals surface area (Å²) in [6, 6.07) is 0. The molecule has 1 fully saturated rings. The molecule has 4 heteroatoms. The minimum Gasteiger partial charge on any atom is -0.550 e. The second-order valence-corrected chi connectivity index (χ2v) is 4.93. The summed E-state index contributed by atoms with van der Waals surface area (Å²) in [4.78, 5) is 22.2. The molecule has 1 saturated carbocycles. The summed E-state index contributed by atoms with van der Waals surface area (Å²) in [6.45, 7) is 3.22. The first-order chi connectivity index (χ1) is 6.83. The van der Waals surface area contributed by atoms with E-state index in [1.807, 2.05) is 0 Å². The molecule has 2 aliphatic rings. The van der Waals surface area contributed by atoms with E-state index >= 15 is 0 Å². The fraction of sp³-hybridized carbons (Fsp3) is 0.636. The van der Waals surface area contributed by atoms with Crippen molar-refractivity contribution in [2.24, 2.45) is 22.7 Å². The van der Waals surface area contributed by atoms with Gasteiger partial charge in [-0.05, 0) is 17.8 Å². The molecule has 0 aromatic heterocycles. The van der Waals surface area contributed by atoms with Crippen LogP contribution >= 0.6 is 0 Å². The van der Waals surface area contributed by atoms with Crippen LogP contribution in [0.3, 0.4) is 0 Å². The van der Waals surface area contributed by atoms with Crippen LogP contribution in [0.4, 0.5) is 0 Å². The molecule has 0 aromatic carbocycles. The van der Waals surface area contributed by atoms with Gasteiger partial charge in [0.15, 0.2) is 0 Å². The Labute approximate surface area is 87.6 Å². The van der Waals surface area contributed by atoms with E-state index in [2.05, 4.69) is 0 Å². The van der Waals surface area contributed by atoms with Crippen LogP contribution in [0.5, 0.6) is 0 Å². The Balaban J connectivity index is 2.55. The van der Waals surface area contributed by atoms with E-state index in [1.165, 1.54) is 6.92 Å². The predicted octanol–water partition coefficient (Wildman–Crippen LogP) is -1.30. The van der Waals surface area contributed by atoms with Gasteiger partial charge < -0.3 is 19.8 Å². The maximum atomic E-state index is 11.2. The smallest absolute Gasteiger partial charge is 0.0488 e. The molecule has 82 valence electrons. The third-order valence-electron chi connectivity index (χ3n) is 4.29. The quantitative estimate of drug-likeness (QED) is 0.528. The first kappa shape index (κ1) is 10.2. The van der Waals surface area contributed by atoms with E-state index in [4.69, 9.17) is 0 Å². The third-order valence-corrected chi connectivity index (χ3v) is 4.29. The minimum absolute atomic E-state index is 0.233. The van der Waals surface area contributed by atoms with Crippen LogP contribution in [0.25, 0.3) is 0 Å². The molecule has 15 heavy (non-hydrogen) atoms. The minimum atomic E-state index is -1.36. The number of aliphatic carboxylic acids is 2. The Hall–Kier alpha value is -1.32. The van der Waals surface area contributed by atoms with Gasteiger partial charge in [0.05, 0.1) is 0 Å². The van der Waals surface area contributed by atoms with Crippen molar-refractivity contribution in [1.29, 1.82) is 0 Å². The van der Waals surface area contributed by atoms with Gasteiger partial charge in [-0.3, -0.25) is 0 Å². The summed E-state index contributed by atoms with van der Waals surface area (Å²) in [5.74, 6) is -3.80. The second kappa shape index (κ2) is 2.62. The average Bonchev–Trinajstić information content (AvgIpc) is 2.56. The SMILES string of the molecule is CC12C=CC(C1)C(C(=O)[O-])C2(C)C(=O)[O-]. The second-order valence-electron chi connectivity index (χ2n) is 4.93. The molecule has 4 unspecified atom stereocenters. The lowest BCUT2D eigenvalue weighted by Crippen LogP contribution is -2.56. The Morgan fingerprint density at radius 1 is 1.33 bits per heavy atom. The Morgan fingerprint density at radius 3 is 2.33 bits per heavy atom. The average molecular weight is 208 g/mol. The largest absolute Gasteiger partial charge is 0.550 e. The first-order valence-electron chi connectivity index (χ1n) is 4.94. The van der Waals surface area contributed by atoms with Crippen LogP contribution in [0.1, 0.15) is 20.3 Å². The molecule has 0 amide bonds. The number of hydrogen-bond acceptors (Lipinski definition) is 4. The lowest BCUT2D eigenvalue weighted by Gasteiger charge is -2.45. The molecule has 2 aliphatic carbocycles. The molecule has 0 aliphatic heterocycles. The molecule has 0 saturated heterocycles. The van der Waals surface area contributed by atoms with Crippen molar-refractivity contribution >= 4 is 11.9 Å². The highest BCUT2D eigenvalue weighted by Gasteiger charge is 2.61. The van der Waals surface area contributed by atoms with Gasteiger partial charge in [0.1, 0.15) is 0 Å². The van der Waals surface area contributed by atoms with E-state index in [0.717, 1.165) is 0 Å². The van der Waals surface area contributed by atoms with Crippen LogP contribution in [-0.4, -0.2) is 11.9 Å². The van der Waals surface area contributed by atoms with Crippen LogP contribution in [0, 0.1) is 22.7 Å². The van der Waals surface area contributed by atoms with Crippen molar-refractivity contribution in [3.63, 3.8) is 0 Å². The normalized spacial score (nSPS) is 47.1. The predicted molar refractivity (Wildman–Crippen MR) is 47.0 cm³/mol. The van der Waals surface area contributed by atoms with E-state index in [9.17, 15) is 19.8 Å². The molecule has 0 aromatic rings. The van der Waals surface area contributed by atoms with Crippen molar-refractivity contribution < 1.29 is 19.8 Å². The first-order valence-corrected chi connectivity index (χ1v) is 4.94. The van der Waals surface area contributed by atoms with Crippen molar-refractivity contribution in [3.8, 4) is 0 Å². The number of carbonyl (C=O) groups excluding carboxylic acids is 2. The number of fused-ring (bicyclic) bond motifs is 2. The Bertz CT molecular complexity index is 373. The molecular formula is C11H12O4-2. The Kier molecular flexibility index (Phi) is 1.78. The number of hydrogen-bond donors (Lipinski definition) is 0. The summed E-state index contributed by atoms with van der Waals surface area (Å²) in [6.07, 6.45) is 4.13. The molecule has 0 N–H and O–H groups in total. The van der Waals surface area contributed by atoms with Crippen molar-refractivity contribution in [3.05, 3.63) is 12.2 Å². The maximum absolute atomic E-state index is 11.2. The van der Waals surface area contributed by atoms with Crippen molar-refractivity contribution in [2.45, 2.75) is 20.3 Å². The molecule has 4 atom stereocenters. The third kappa shape index (κ3) is 0.967. The zero-order valence-electron chi connectivity index (χ0n) is 8.65. The number of carboxylic acid groups (broad SMARTS) is 2. The van der Waals surface area contributed by atoms with E-state index in [-0.39, 0.29) is 5.92 Å². The molecular weight excluding hydrogens is 196 g/mol. The zero-order chi connectivity index (χ0) is 11.4. The number of carbonyl (C=O) groups is 2. The topological polar surface area (TPSA) is 80.3 Å². The van der Waals surface area contributed by atoms with Crippen LogP contribution in [0.2, 0.25) is 0 Å². The molecule has 0 radical (unpaired) electrons. The Morgan fingerprint density at radius 2 is 1.93 bits per heavy atom. The lowest BCUT2D eigenvalue weighted by atomic mass is 9.62. The van der Waals surface area contributed by atoms with Gasteiger partial charge in [-0.2, -0.15) is 0 Å². The summed E-state index contributed by atoms with van der Waals surface area (Å²) >= 11 is 0. The van der Waals surface area contributed by atoms with Gasteiger partial charge in [-0.15, -0.1) is 0 Å². The zero-order valence-corrected chi connectivity index (χ0v) is 8.65. The van der Waals surface area contributed by atoms with Gasteiger partial charge in [0, 0.05) is 23.3 Å². The fourth-order valence-electron chi connectivity index (χ4n) is 3.13. The number of carboxylic acids is 2. The van der Waals surface area contributed by atoms with Crippen LogP contribution in [0.15, 0.2) is 12.2 Å². The summed E-state index contributed by atoms with van der Waals surface area (Å²) < 4.78 is 0. The van der Waals surface area contributed by atoms with Gasteiger partial charge in [-0.1, -0.05) is 26.0 Å². The number of rotatable bonds is 2. The molecule has 0 spiro atoms. The summed E-state index contributed by atoms with van der Waals surface area (Å²) in [5.41, 5.74) is -1.98. The van der Waals surface area contributed by atoms with E-state index in [0.29, 0.717) is 6.42 Å². The fourth-order valence-corrected chi connectivity index (χ4v) is 3.13. The highest BCUT2D eigenvalue weighted by Crippen LogP contribution is 2.63. The summed E-state index contributed by atoms with van der Waals surface area (Å²) in [7, 11) is 0. The van der Waals surface area contributed by atoms with Gasteiger partial charge in [-0.25, -0.2) is 0 Å². The molecule has 2 bridgehead atoms. The van der Waals surface area contributed by atoms with Crippen LogP contribution in [-0.2, 0) is 9.59 Å². The van der Waals surface area contributed by atoms with Crippen LogP contribution < -0.4 is 10.2 Å². The van der Waals surface area contributed by atoms with Gasteiger partial charge in [0.25, 0.3) is 0 Å². The van der Waals surface area contributed by atoms with Crippen molar-refractivity contribution in [2.75, 3.05) is 0 Å². The highest BCUT2D eigenvalue weighted by atomic mass is 16.4. The van der Waals surface area contributed by atoms with E-state index in [1.54, 1.807) is 19.1 Å². The van der Waals surface area contributed by atoms with Gasteiger partial charge in [0.2, 0.25) is 0 Å². The highest BCUT2D eigenvalue weighted by molar-refractivity contribution is 5.84. The van der Waals surface area contributed by atoms with Crippen molar-refractivity contribution in [1.82, 2.24) is 0 Å². The maximum Gasteiger partial charge on any atom is 0.0488 e. The molecule has 0 heterocycles. The molecule has 4 nitrogen and oxygen atoms in total. The standard InChI is InChI=1S/C11H14O4/c1-10-4-3-6(5-10)7(8(12)13)11(10,2)9(14)15/h3-4,6-7H,5H2,1-2H3,(H,12,13)(H,14,15)/p-2. The lowest BCUT2D eigenvalue weighted by molar-refractivity contribution is -0.337. The van der Waals surface area contributed by atoms with E-state index < -0.39 is 28.7 Å². The number of allylic oxidation sites excluding steroid dienone is 2.